The highest BCUT2D eigenvalue weighted by Crippen LogP contribution is 2.16. The van der Waals surface area contributed by atoms with Gasteiger partial charge < -0.3 is 38.4 Å². The fraction of sp³-hybridized carbons (Fsp3) is 0.857. The second kappa shape index (κ2) is 39.5. The highest BCUT2D eigenvalue weighted by atomic mass is 16.6. The molecule has 0 fully saturated rings. The monoisotopic (exact) mass is 912 g/mol. The van der Waals surface area contributed by atoms with Gasteiger partial charge in [-0.1, -0.05) is 38.5 Å². The number of carbonyl (C=O) groups excluding carboxylic acids is 7. The molecule has 0 unspecified atom stereocenters. The van der Waals surface area contributed by atoms with Gasteiger partial charge in [0.2, 0.25) is 11.8 Å². The molecule has 0 aromatic rings. The van der Waals surface area contributed by atoms with Crippen LogP contribution in [0, 0.1) is 0 Å². The lowest BCUT2D eigenvalue weighted by Gasteiger charge is -2.27. The molecule has 3 amide bonds. The van der Waals surface area contributed by atoms with Crippen molar-refractivity contribution in [1.82, 2.24) is 14.7 Å². The van der Waals surface area contributed by atoms with Crippen molar-refractivity contribution in [3.8, 4) is 0 Å². The van der Waals surface area contributed by atoms with E-state index in [9.17, 15) is 33.6 Å². The minimum atomic E-state index is -0.643. The summed E-state index contributed by atoms with van der Waals surface area (Å²) in [6.45, 7) is 17.7. The quantitative estimate of drug-likeness (QED) is 0.0324. The van der Waals surface area contributed by atoms with E-state index in [0.29, 0.717) is 117 Å². The minimum Gasteiger partial charge on any atom is -0.466 e. The topological polar surface area (TPSA) is 175 Å². The van der Waals surface area contributed by atoms with Crippen LogP contribution < -0.4 is 0 Å². The molecule has 0 aromatic carbocycles. The van der Waals surface area contributed by atoms with Crippen LogP contribution in [0.25, 0.3) is 0 Å². The van der Waals surface area contributed by atoms with Crippen molar-refractivity contribution in [2.24, 2.45) is 0 Å². The fourth-order valence-electron chi connectivity index (χ4n) is 7.10. The zero-order valence-corrected chi connectivity index (χ0v) is 41.3. The normalized spacial score (nSPS) is 11.1. The van der Waals surface area contributed by atoms with Crippen molar-refractivity contribution >= 4 is 41.8 Å². The average molecular weight is 912 g/mol. The average Bonchev–Trinajstić information content (AvgIpc) is 3.23. The molecular formula is C49H89N3O12. The van der Waals surface area contributed by atoms with Gasteiger partial charge in [0.25, 0.3) is 0 Å². The Balaban J connectivity index is 5.11. The van der Waals surface area contributed by atoms with Crippen LogP contribution in [0.1, 0.15) is 203 Å². The van der Waals surface area contributed by atoms with Crippen LogP contribution in [0.2, 0.25) is 0 Å². The molecule has 0 N–H and O–H groups in total. The van der Waals surface area contributed by atoms with E-state index in [-0.39, 0.29) is 41.8 Å². The van der Waals surface area contributed by atoms with Gasteiger partial charge in [-0.2, -0.15) is 0 Å². The lowest BCUT2D eigenvalue weighted by molar-refractivity contribution is -0.144. The molecule has 0 aliphatic rings. The molecule has 15 nitrogen and oxygen atoms in total. The maximum absolute atomic E-state index is 13.4. The highest BCUT2D eigenvalue weighted by Gasteiger charge is 2.22. The van der Waals surface area contributed by atoms with E-state index in [1.165, 1.54) is 0 Å². The van der Waals surface area contributed by atoms with Crippen LogP contribution in [-0.4, -0.2) is 128 Å². The first-order chi connectivity index (χ1) is 30.7. The number of carbonyl (C=O) groups is 7. The largest absolute Gasteiger partial charge is 0.466 e. The van der Waals surface area contributed by atoms with Crippen LogP contribution in [0.5, 0.6) is 0 Å². The molecule has 0 aromatic heterocycles. The van der Waals surface area contributed by atoms with Gasteiger partial charge in [-0.25, -0.2) is 4.79 Å². The second-order valence-corrected chi connectivity index (χ2v) is 17.3. The Hall–Kier alpha value is -3.91. The summed E-state index contributed by atoms with van der Waals surface area (Å²) >= 11 is 0. The molecule has 64 heavy (non-hydrogen) atoms. The smallest absolute Gasteiger partial charge is 0.410 e. The minimum absolute atomic E-state index is 0.0934. The van der Waals surface area contributed by atoms with Crippen molar-refractivity contribution in [2.75, 3.05) is 65.7 Å². The first-order valence-electron chi connectivity index (χ1n) is 24.8. The van der Waals surface area contributed by atoms with Gasteiger partial charge in [0.05, 0.1) is 26.4 Å². The summed E-state index contributed by atoms with van der Waals surface area (Å²) in [6, 6.07) is 0. The molecule has 0 saturated carbocycles. The summed E-state index contributed by atoms with van der Waals surface area (Å²) in [7, 11) is 0. The molecule has 0 saturated heterocycles. The predicted molar refractivity (Wildman–Crippen MR) is 248 cm³/mol. The van der Waals surface area contributed by atoms with Crippen molar-refractivity contribution in [3.63, 3.8) is 0 Å². The van der Waals surface area contributed by atoms with E-state index in [1.54, 1.807) is 32.6 Å². The summed E-state index contributed by atoms with van der Waals surface area (Å²) in [5.74, 6) is -0.597. The van der Waals surface area contributed by atoms with Crippen molar-refractivity contribution < 1.29 is 57.2 Å². The summed E-state index contributed by atoms with van der Waals surface area (Å²) < 4.78 is 25.8. The van der Waals surface area contributed by atoms with Crippen LogP contribution in [0.4, 0.5) is 4.79 Å². The number of esters is 4. The number of ether oxygens (including phenoxy) is 5. The van der Waals surface area contributed by atoms with E-state index in [1.807, 2.05) is 30.6 Å². The molecule has 0 rings (SSSR count). The molecule has 0 aliphatic heterocycles. The number of unbranched alkanes of at least 4 members (excludes halogenated alkanes) is 12. The van der Waals surface area contributed by atoms with Crippen molar-refractivity contribution in [2.45, 2.75) is 208 Å². The maximum Gasteiger partial charge on any atom is 0.410 e. The standard InChI is InChI=1S/C49H89N3O12/c1-8-60-44(55)32-20-14-24-36-50(37-25-15-21-33-45(56)61-9-2)42(53)30-18-12-28-40-52(48(59)64-49(5,6)7)41-29-13-19-31-43(54)51(38-26-16-22-34-46(57)62-10-3)39-27-17-23-35-47(58)63-11-4/h8-41H2,1-7H3. The summed E-state index contributed by atoms with van der Waals surface area (Å²) in [5.41, 5.74) is -0.643. The van der Waals surface area contributed by atoms with E-state index >= 15 is 0 Å². The Kier molecular flexibility index (Phi) is 37.0. The molecule has 0 atom stereocenters. The van der Waals surface area contributed by atoms with Crippen LogP contribution >= 0.6 is 0 Å². The van der Waals surface area contributed by atoms with Gasteiger partial charge in [0.15, 0.2) is 0 Å². The van der Waals surface area contributed by atoms with Gasteiger partial charge in [-0.15, -0.1) is 0 Å². The van der Waals surface area contributed by atoms with Crippen LogP contribution in [0.3, 0.4) is 0 Å². The van der Waals surface area contributed by atoms with Gasteiger partial charge in [0.1, 0.15) is 5.60 Å². The molecular weight excluding hydrogens is 823 g/mol. The first-order valence-corrected chi connectivity index (χ1v) is 24.8. The molecule has 0 spiro atoms. The Labute approximate surface area is 386 Å². The lowest BCUT2D eigenvalue weighted by atomic mass is 10.1. The SMILES string of the molecule is CCOC(=O)CCCCCN(CCCCCC(=O)OCC)C(=O)CCCCCN(CCCCCC(=O)N(CCCCCC(=O)OCC)CCCCCC(=O)OCC)C(=O)OC(C)(C)C. The molecule has 15 heteroatoms. The number of rotatable bonds is 40. The summed E-state index contributed by atoms with van der Waals surface area (Å²) in [6.07, 6.45) is 15.7. The molecule has 0 heterocycles. The zero-order chi connectivity index (χ0) is 47.9. The van der Waals surface area contributed by atoms with Crippen LogP contribution in [-0.2, 0) is 52.5 Å². The number of amides is 3. The Morgan fingerprint density at radius 1 is 0.328 bits per heavy atom. The van der Waals surface area contributed by atoms with Gasteiger partial charge in [0, 0.05) is 77.8 Å². The Bertz CT molecular complexity index is 1150. The van der Waals surface area contributed by atoms with Gasteiger partial charge in [-0.05, 0) is 126 Å². The maximum atomic E-state index is 13.4. The van der Waals surface area contributed by atoms with Crippen molar-refractivity contribution in [3.05, 3.63) is 0 Å². The number of nitrogens with zero attached hydrogens (tertiary/aromatic N) is 3. The third-order valence-electron chi connectivity index (χ3n) is 10.5. The Morgan fingerprint density at radius 2 is 0.562 bits per heavy atom. The molecule has 372 valence electrons. The number of hydrogen-bond acceptors (Lipinski definition) is 12. The third kappa shape index (κ3) is 35.4. The van der Waals surface area contributed by atoms with Gasteiger partial charge >= 0.3 is 30.0 Å². The molecule has 0 bridgehead atoms. The zero-order valence-electron chi connectivity index (χ0n) is 41.3. The Morgan fingerprint density at radius 3 is 0.797 bits per heavy atom. The van der Waals surface area contributed by atoms with Crippen LogP contribution in [0.15, 0.2) is 0 Å². The van der Waals surface area contributed by atoms with E-state index in [2.05, 4.69) is 0 Å². The van der Waals surface area contributed by atoms with E-state index in [0.717, 1.165) is 103 Å². The number of hydrogen-bond donors (Lipinski definition) is 0. The molecule has 0 aliphatic carbocycles. The fourth-order valence-corrected chi connectivity index (χ4v) is 7.10. The molecule has 0 radical (unpaired) electrons. The first kappa shape index (κ1) is 60.1. The second-order valence-electron chi connectivity index (χ2n) is 17.3. The van der Waals surface area contributed by atoms with Crippen molar-refractivity contribution in [1.29, 1.82) is 0 Å². The predicted octanol–water partition coefficient (Wildman–Crippen LogP) is 9.50. The lowest BCUT2D eigenvalue weighted by Crippen LogP contribution is -2.38. The third-order valence-corrected chi connectivity index (χ3v) is 10.5. The highest BCUT2D eigenvalue weighted by molar-refractivity contribution is 5.76. The summed E-state index contributed by atoms with van der Waals surface area (Å²) in [5, 5.41) is 0. The van der Waals surface area contributed by atoms with E-state index in [4.69, 9.17) is 23.7 Å². The summed E-state index contributed by atoms with van der Waals surface area (Å²) in [4.78, 5) is 92.5. The van der Waals surface area contributed by atoms with E-state index < -0.39 is 5.60 Å². The van der Waals surface area contributed by atoms with Gasteiger partial charge in [-0.3, -0.25) is 28.8 Å².